The molecule has 21 heavy (non-hydrogen) atoms. The van der Waals surface area contributed by atoms with Gasteiger partial charge >= 0.3 is 12.1 Å². The third-order valence-electron chi connectivity index (χ3n) is 2.96. The van der Waals surface area contributed by atoms with Crippen molar-refractivity contribution in [2.75, 3.05) is 0 Å². The number of aryl methyl sites for hydroxylation is 1. The summed E-state index contributed by atoms with van der Waals surface area (Å²) in [5, 5.41) is 9.05. The fraction of sp³-hybridized carbons (Fsp3) is 0.143. The first-order chi connectivity index (χ1) is 9.73. The molecular weight excluding hydrogens is 287 g/mol. The summed E-state index contributed by atoms with van der Waals surface area (Å²) in [6, 6.07) is 7.16. The van der Waals surface area contributed by atoms with Crippen molar-refractivity contribution in [2.24, 2.45) is 0 Å². The van der Waals surface area contributed by atoms with E-state index in [9.17, 15) is 22.8 Å². The van der Waals surface area contributed by atoms with Gasteiger partial charge in [-0.05, 0) is 12.5 Å². The Hall–Kier alpha value is -2.57. The molecule has 2 aromatic rings. The number of H-pyrrole nitrogens is 1. The van der Waals surface area contributed by atoms with Crippen LogP contribution in [0.2, 0.25) is 0 Å². The number of rotatable bonds is 2. The lowest BCUT2D eigenvalue weighted by Gasteiger charge is -2.16. The zero-order valence-electron chi connectivity index (χ0n) is 10.8. The van der Waals surface area contributed by atoms with Crippen molar-refractivity contribution < 1.29 is 23.1 Å². The average Bonchev–Trinajstić information content (AvgIpc) is 2.37. The van der Waals surface area contributed by atoms with Crippen LogP contribution in [-0.2, 0) is 6.18 Å². The van der Waals surface area contributed by atoms with E-state index in [2.05, 4.69) is 4.98 Å². The molecule has 0 fully saturated rings. The van der Waals surface area contributed by atoms with Crippen molar-refractivity contribution in [3.05, 3.63) is 57.5 Å². The maximum Gasteiger partial charge on any atom is 0.418 e. The molecule has 4 nitrogen and oxygen atoms in total. The largest absolute Gasteiger partial charge is 0.478 e. The molecule has 1 aromatic heterocycles. The first-order valence-corrected chi connectivity index (χ1v) is 5.86. The topological polar surface area (TPSA) is 70.2 Å². The predicted octanol–water partition coefficient (Wildman–Crippen LogP) is 3.07. The molecule has 2 N–H and O–H groups in total. The Kier molecular flexibility index (Phi) is 3.59. The van der Waals surface area contributed by atoms with Crippen LogP contribution >= 0.6 is 0 Å². The maximum absolute atomic E-state index is 13.3. The normalized spacial score (nSPS) is 11.4. The van der Waals surface area contributed by atoms with Crippen molar-refractivity contribution in [3.8, 4) is 11.1 Å². The number of carboxylic acid groups (broad SMARTS) is 1. The van der Waals surface area contributed by atoms with E-state index in [1.165, 1.54) is 24.3 Å². The number of carboxylic acids is 1. The van der Waals surface area contributed by atoms with Crippen LogP contribution in [0.3, 0.4) is 0 Å². The van der Waals surface area contributed by atoms with Gasteiger partial charge in [0.05, 0.1) is 16.7 Å². The predicted molar refractivity (Wildman–Crippen MR) is 69.2 cm³/mol. The van der Waals surface area contributed by atoms with Gasteiger partial charge in [-0.3, -0.25) is 4.79 Å². The number of benzene rings is 1. The van der Waals surface area contributed by atoms with Gasteiger partial charge in [-0.15, -0.1) is 0 Å². The minimum Gasteiger partial charge on any atom is -0.478 e. The summed E-state index contributed by atoms with van der Waals surface area (Å²) in [6.45, 7) is 1.12. The Balaban J connectivity index is 2.97. The summed E-state index contributed by atoms with van der Waals surface area (Å²) in [5.74, 6) is -1.74. The Morgan fingerprint density at radius 1 is 1.19 bits per heavy atom. The molecule has 0 saturated carbocycles. The zero-order valence-corrected chi connectivity index (χ0v) is 10.8. The van der Waals surface area contributed by atoms with Gasteiger partial charge in [0, 0.05) is 5.69 Å². The van der Waals surface area contributed by atoms with Crippen molar-refractivity contribution in [1.29, 1.82) is 0 Å². The van der Waals surface area contributed by atoms with Gasteiger partial charge < -0.3 is 10.1 Å². The highest BCUT2D eigenvalue weighted by atomic mass is 19.4. The number of aromatic carboxylic acids is 1. The monoisotopic (exact) mass is 297 g/mol. The molecule has 0 saturated heterocycles. The number of hydrogen-bond donors (Lipinski definition) is 2. The van der Waals surface area contributed by atoms with Crippen LogP contribution in [0, 0.1) is 6.92 Å². The second kappa shape index (κ2) is 5.08. The quantitative estimate of drug-likeness (QED) is 0.895. The SMILES string of the molecule is Cc1[nH]c(=O)c(-c2ccccc2)c(C(F)(F)F)c1C(=O)O. The zero-order chi connectivity index (χ0) is 15.8. The van der Waals surface area contributed by atoms with Gasteiger partial charge in [-0.1, -0.05) is 30.3 Å². The van der Waals surface area contributed by atoms with Crippen LogP contribution in [0.4, 0.5) is 13.2 Å². The highest BCUT2D eigenvalue weighted by Crippen LogP contribution is 2.38. The Bertz CT molecular complexity index is 749. The van der Waals surface area contributed by atoms with Crippen molar-refractivity contribution in [2.45, 2.75) is 13.1 Å². The number of halogens is 3. The number of aromatic nitrogens is 1. The molecule has 0 spiro atoms. The van der Waals surface area contributed by atoms with Crippen LogP contribution in [0.1, 0.15) is 21.6 Å². The van der Waals surface area contributed by atoms with E-state index in [1.807, 2.05) is 0 Å². The summed E-state index contributed by atoms with van der Waals surface area (Å²) in [4.78, 5) is 25.3. The van der Waals surface area contributed by atoms with Gasteiger partial charge in [0.2, 0.25) is 0 Å². The first kappa shape index (κ1) is 14.8. The van der Waals surface area contributed by atoms with E-state index < -0.39 is 34.4 Å². The van der Waals surface area contributed by atoms with Gasteiger partial charge in [0.25, 0.3) is 5.56 Å². The molecule has 7 heteroatoms. The van der Waals surface area contributed by atoms with E-state index in [-0.39, 0.29) is 11.3 Å². The minimum absolute atomic E-state index is 0.00794. The molecule has 1 aromatic carbocycles. The molecule has 0 atom stereocenters. The fourth-order valence-electron chi connectivity index (χ4n) is 2.15. The Morgan fingerprint density at radius 3 is 2.24 bits per heavy atom. The maximum atomic E-state index is 13.3. The van der Waals surface area contributed by atoms with E-state index >= 15 is 0 Å². The van der Waals surface area contributed by atoms with Gasteiger partial charge in [0.15, 0.2) is 0 Å². The van der Waals surface area contributed by atoms with Crippen LogP contribution < -0.4 is 5.56 Å². The summed E-state index contributed by atoms with van der Waals surface area (Å²) >= 11 is 0. The molecule has 0 aliphatic rings. The molecule has 0 aliphatic heterocycles. The van der Waals surface area contributed by atoms with Crippen LogP contribution in [0.25, 0.3) is 11.1 Å². The summed E-state index contributed by atoms with van der Waals surface area (Å²) < 4.78 is 39.9. The lowest BCUT2D eigenvalue weighted by atomic mass is 9.95. The van der Waals surface area contributed by atoms with Crippen LogP contribution in [-0.4, -0.2) is 16.1 Å². The number of pyridine rings is 1. The number of nitrogens with one attached hydrogen (secondary N) is 1. The van der Waals surface area contributed by atoms with E-state index in [0.29, 0.717) is 0 Å². The average molecular weight is 297 g/mol. The number of aromatic amines is 1. The molecule has 0 radical (unpaired) electrons. The van der Waals surface area contributed by atoms with Crippen LogP contribution in [0.5, 0.6) is 0 Å². The second-order valence-electron chi connectivity index (χ2n) is 4.37. The minimum atomic E-state index is -4.96. The number of alkyl halides is 3. The van der Waals surface area contributed by atoms with Gasteiger partial charge in [0.1, 0.15) is 0 Å². The lowest BCUT2D eigenvalue weighted by Crippen LogP contribution is -2.24. The first-order valence-electron chi connectivity index (χ1n) is 5.86. The van der Waals surface area contributed by atoms with Crippen molar-refractivity contribution in [1.82, 2.24) is 4.98 Å². The molecule has 0 aliphatic carbocycles. The molecule has 0 bridgehead atoms. The third kappa shape index (κ3) is 2.67. The molecule has 0 amide bonds. The highest BCUT2D eigenvalue weighted by molar-refractivity contribution is 5.93. The number of hydrogen-bond acceptors (Lipinski definition) is 2. The highest BCUT2D eigenvalue weighted by Gasteiger charge is 2.40. The molecule has 2 rings (SSSR count). The summed E-state index contributed by atoms with van der Waals surface area (Å²) in [7, 11) is 0. The lowest BCUT2D eigenvalue weighted by molar-refractivity contribution is -0.137. The number of carbonyl (C=O) groups is 1. The second-order valence-corrected chi connectivity index (χ2v) is 4.37. The summed E-state index contributed by atoms with van der Waals surface area (Å²) in [6.07, 6.45) is -4.96. The standard InChI is InChI=1S/C14H10F3NO3/c1-7-9(13(20)21)11(14(15,16)17)10(12(19)18-7)8-5-3-2-4-6-8/h2-6H,1H3,(H,18,19)(H,20,21). The third-order valence-corrected chi connectivity index (χ3v) is 2.96. The van der Waals surface area contributed by atoms with E-state index in [0.717, 1.165) is 6.92 Å². The Morgan fingerprint density at radius 2 is 1.76 bits per heavy atom. The molecular formula is C14H10F3NO3. The van der Waals surface area contributed by atoms with E-state index in [4.69, 9.17) is 5.11 Å². The molecule has 1 heterocycles. The molecule has 110 valence electrons. The van der Waals surface area contributed by atoms with E-state index in [1.54, 1.807) is 6.07 Å². The smallest absolute Gasteiger partial charge is 0.418 e. The fourth-order valence-corrected chi connectivity index (χ4v) is 2.15. The van der Waals surface area contributed by atoms with Gasteiger partial charge in [-0.2, -0.15) is 13.2 Å². The Labute approximate surface area is 116 Å². The summed E-state index contributed by atoms with van der Waals surface area (Å²) in [5.41, 5.74) is -4.36. The van der Waals surface area contributed by atoms with Crippen LogP contribution in [0.15, 0.2) is 35.1 Å². The molecule has 0 unspecified atom stereocenters. The van der Waals surface area contributed by atoms with Crippen molar-refractivity contribution >= 4 is 5.97 Å². The van der Waals surface area contributed by atoms with Crippen molar-refractivity contribution in [3.63, 3.8) is 0 Å². The van der Waals surface area contributed by atoms with Gasteiger partial charge in [-0.25, -0.2) is 4.79 Å².